The summed E-state index contributed by atoms with van der Waals surface area (Å²) in [5, 5.41) is 5.31. The van der Waals surface area contributed by atoms with Crippen LogP contribution in [0.2, 0.25) is 0 Å². The number of rotatable bonds is 5. The molecule has 8 heteroatoms. The van der Waals surface area contributed by atoms with Crippen LogP contribution in [0.15, 0.2) is 45.7 Å². The molecule has 2 heterocycles. The van der Waals surface area contributed by atoms with Gasteiger partial charge in [0.15, 0.2) is 5.16 Å². The molecule has 0 saturated carbocycles. The lowest BCUT2D eigenvalue weighted by Gasteiger charge is -2.13. The van der Waals surface area contributed by atoms with E-state index in [-0.39, 0.29) is 17.3 Å². The number of benzene rings is 1. The maximum atomic E-state index is 12.9. The molecule has 1 N–H and O–H groups in total. The van der Waals surface area contributed by atoms with Crippen LogP contribution in [0.25, 0.3) is 10.2 Å². The molecular formula is C17H16FN3O2S2. The van der Waals surface area contributed by atoms with E-state index in [0.29, 0.717) is 21.9 Å². The summed E-state index contributed by atoms with van der Waals surface area (Å²) in [6.07, 6.45) is 0. The van der Waals surface area contributed by atoms with Crippen molar-refractivity contribution in [2.75, 3.05) is 0 Å². The molecule has 3 aromatic rings. The van der Waals surface area contributed by atoms with Gasteiger partial charge in [-0.3, -0.25) is 14.2 Å². The van der Waals surface area contributed by atoms with Crippen LogP contribution in [0.3, 0.4) is 0 Å². The van der Waals surface area contributed by atoms with E-state index in [2.05, 4.69) is 10.3 Å². The zero-order chi connectivity index (χ0) is 18.0. The van der Waals surface area contributed by atoms with Gasteiger partial charge < -0.3 is 5.32 Å². The third-order valence-corrected chi connectivity index (χ3v) is 5.65. The zero-order valence-corrected chi connectivity index (χ0v) is 15.3. The van der Waals surface area contributed by atoms with Crippen molar-refractivity contribution < 1.29 is 9.18 Å². The van der Waals surface area contributed by atoms with E-state index in [9.17, 15) is 14.0 Å². The van der Waals surface area contributed by atoms with Crippen LogP contribution >= 0.6 is 23.1 Å². The van der Waals surface area contributed by atoms with Gasteiger partial charge in [-0.2, -0.15) is 0 Å². The van der Waals surface area contributed by atoms with Crippen molar-refractivity contribution in [1.82, 2.24) is 14.9 Å². The van der Waals surface area contributed by atoms with E-state index in [0.717, 1.165) is 5.56 Å². The monoisotopic (exact) mass is 377 g/mol. The quantitative estimate of drug-likeness (QED) is 0.549. The molecule has 0 spiro atoms. The Kier molecular flexibility index (Phi) is 5.19. The lowest BCUT2D eigenvalue weighted by Crippen LogP contribution is -2.31. The maximum Gasteiger partial charge on any atom is 0.262 e. The molecule has 1 amide bonds. The number of thioether (sulfide) groups is 1. The maximum absolute atomic E-state index is 12.9. The number of hydrogen-bond acceptors (Lipinski definition) is 5. The van der Waals surface area contributed by atoms with E-state index in [1.165, 1.54) is 39.8 Å². The number of carbonyl (C=O) groups excluding carboxylic acids is 1. The molecule has 130 valence electrons. The van der Waals surface area contributed by atoms with Crippen molar-refractivity contribution in [2.45, 2.75) is 23.9 Å². The van der Waals surface area contributed by atoms with Gasteiger partial charge >= 0.3 is 0 Å². The number of hydrogen-bond donors (Lipinski definition) is 1. The summed E-state index contributed by atoms with van der Waals surface area (Å²) < 4.78 is 14.4. The van der Waals surface area contributed by atoms with Crippen LogP contribution < -0.4 is 10.9 Å². The first kappa shape index (κ1) is 17.6. The lowest BCUT2D eigenvalue weighted by molar-refractivity contribution is -0.120. The van der Waals surface area contributed by atoms with Gasteiger partial charge in [0.25, 0.3) is 5.56 Å². The second-order valence-corrected chi connectivity index (χ2v) is 7.70. The van der Waals surface area contributed by atoms with Gasteiger partial charge in [-0.15, -0.1) is 11.3 Å². The molecule has 0 aliphatic carbocycles. The van der Waals surface area contributed by atoms with Crippen molar-refractivity contribution in [2.24, 2.45) is 7.05 Å². The molecular weight excluding hydrogens is 361 g/mol. The highest BCUT2D eigenvalue weighted by Gasteiger charge is 2.18. The topological polar surface area (TPSA) is 64.0 Å². The Hall–Kier alpha value is -2.19. The fourth-order valence-electron chi connectivity index (χ4n) is 2.23. The number of thiophene rings is 1. The normalized spacial score (nSPS) is 12.3. The van der Waals surface area contributed by atoms with Crippen LogP contribution in [0.5, 0.6) is 0 Å². The highest BCUT2D eigenvalue weighted by atomic mass is 32.2. The standard InChI is InChI=1S/C17H16FN3O2S2/c1-10(14(22)19-9-11-3-5-12(18)6-4-11)25-17-20-15-13(7-8-24-15)16(23)21(17)2/h3-8,10H,9H2,1-2H3,(H,19,22). The summed E-state index contributed by atoms with van der Waals surface area (Å²) in [7, 11) is 1.65. The summed E-state index contributed by atoms with van der Waals surface area (Å²) in [5.41, 5.74) is 0.699. The number of amides is 1. The van der Waals surface area contributed by atoms with Gasteiger partial charge in [-0.1, -0.05) is 23.9 Å². The molecule has 5 nitrogen and oxygen atoms in total. The molecule has 1 atom stereocenters. The van der Waals surface area contributed by atoms with Gasteiger partial charge in [0.1, 0.15) is 10.6 Å². The second-order valence-electron chi connectivity index (χ2n) is 5.50. The molecule has 2 aromatic heterocycles. The first-order chi connectivity index (χ1) is 12.0. The summed E-state index contributed by atoms with van der Waals surface area (Å²) in [6, 6.07) is 7.72. The summed E-state index contributed by atoms with van der Waals surface area (Å²) in [4.78, 5) is 29.7. The number of nitrogens with zero attached hydrogens (tertiary/aromatic N) is 2. The van der Waals surface area contributed by atoms with Crippen LogP contribution in [-0.2, 0) is 18.4 Å². The predicted octanol–water partition coefficient (Wildman–Crippen LogP) is 2.93. The van der Waals surface area contributed by atoms with Gasteiger partial charge in [0, 0.05) is 13.6 Å². The third kappa shape index (κ3) is 3.91. The fourth-order valence-corrected chi connectivity index (χ4v) is 3.94. The molecule has 0 saturated heterocycles. The number of halogens is 1. The van der Waals surface area contributed by atoms with Gasteiger partial charge in [0.05, 0.1) is 10.6 Å². The summed E-state index contributed by atoms with van der Waals surface area (Å²) >= 11 is 2.63. The van der Waals surface area contributed by atoms with E-state index >= 15 is 0 Å². The Labute approximate surface area is 151 Å². The van der Waals surface area contributed by atoms with E-state index in [1.807, 2.05) is 5.38 Å². The van der Waals surface area contributed by atoms with Gasteiger partial charge in [0.2, 0.25) is 5.91 Å². The molecule has 25 heavy (non-hydrogen) atoms. The van der Waals surface area contributed by atoms with Crippen LogP contribution in [0.1, 0.15) is 12.5 Å². The Balaban J connectivity index is 1.68. The predicted molar refractivity (Wildman–Crippen MR) is 98.4 cm³/mol. The highest BCUT2D eigenvalue weighted by molar-refractivity contribution is 8.00. The Morgan fingerprint density at radius 3 is 2.80 bits per heavy atom. The lowest BCUT2D eigenvalue weighted by atomic mass is 10.2. The molecule has 0 fully saturated rings. The third-order valence-electron chi connectivity index (χ3n) is 3.70. The number of nitrogens with one attached hydrogen (secondary N) is 1. The molecule has 3 rings (SSSR count). The van der Waals surface area contributed by atoms with Gasteiger partial charge in [-0.25, -0.2) is 9.37 Å². The largest absolute Gasteiger partial charge is 0.351 e. The fraction of sp³-hybridized carbons (Fsp3) is 0.235. The molecule has 0 aliphatic heterocycles. The van der Waals surface area contributed by atoms with Crippen LogP contribution in [-0.4, -0.2) is 20.7 Å². The van der Waals surface area contributed by atoms with Crippen molar-refractivity contribution in [3.63, 3.8) is 0 Å². The smallest absolute Gasteiger partial charge is 0.262 e. The molecule has 0 bridgehead atoms. The summed E-state index contributed by atoms with van der Waals surface area (Å²) in [5.74, 6) is -0.482. The highest BCUT2D eigenvalue weighted by Crippen LogP contribution is 2.23. The number of fused-ring (bicyclic) bond motifs is 1. The van der Waals surface area contributed by atoms with E-state index in [4.69, 9.17) is 0 Å². The molecule has 1 unspecified atom stereocenters. The Bertz CT molecular complexity index is 966. The van der Waals surface area contributed by atoms with Crippen molar-refractivity contribution in [1.29, 1.82) is 0 Å². The van der Waals surface area contributed by atoms with Crippen molar-refractivity contribution in [3.05, 3.63) is 57.4 Å². The first-order valence-electron chi connectivity index (χ1n) is 7.59. The van der Waals surface area contributed by atoms with Crippen LogP contribution in [0, 0.1) is 5.82 Å². The molecule has 1 aromatic carbocycles. The number of carbonyl (C=O) groups is 1. The minimum absolute atomic E-state index is 0.118. The molecule has 0 aliphatic rings. The van der Waals surface area contributed by atoms with E-state index < -0.39 is 5.25 Å². The Morgan fingerprint density at radius 2 is 2.08 bits per heavy atom. The average Bonchev–Trinajstić information content (AvgIpc) is 3.07. The van der Waals surface area contributed by atoms with Crippen LogP contribution in [0.4, 0.5) is 4.39 Å². The SMILES string of the molecule is CC(Sc1nc2sccc2c(=O)n1C)C(=O)NCc1ccc(F)cc1. The minimum atomic E-state index is -0.420. The number of aromatic nitrogens is 2. The summed E-state index contributed by atoms with van der Waals surface area (Å²) in [6.45, 7) is 2.08. The minimum Gasteiger partial charge on any atom is -0.351 e. The zero-order valence-electron chi connectivity index (χ0n) is 13.7. The second kappa shape index (κ2) is 7.37. The first-order valence-corrected chi connectivity index (χ1v) is 9.34. The Morgan fingerprint density at radius 1 is 1.36 bits per heavy atom. The van der Waals surface area contributed by atoms with Crippen molar-refractivity contribution >= 4 is 39.2 Å². The van der Waals surface area contributed by atoms with E-state index in [1.54, 1.807) is 32.2 Å². The average molecular weight is 377 g/mol. The van der Waals surface area contributed by atoms with Gasteiger partial charge in [-0.05, 0) is 36.1 Å². The van der Waals surface area contributed by atoms with Crippen molar-refractivity contribution in [3.8, 4) is 0 Å². The molecule has 0 radical (unpaired) electrons.